The van der Waals surface area contributed by atoms with Gasteiger partial charge in [0.1, 0.15) is 0 Å². The Morgan fingerprint density at radius 3 is 2.80 bits per heavy atom. The van der Waals surface area contributed by atoms with E-state index < -0.39 is 4.92 Å². The maximum Gasteiger partial charge on any atom is 0.270 e. The van der Waals surface area contributed by atoms with Crippen LogP contribution in [-0.2, 0) is 4.74 Å². The fourth-order valence-corrected chi connectivity index (χ4v) is 3.10. The Labute approximate surface area is 120 Å². The zero-order valence-corrected chi connectivity index (χ0v) is 11.3. The predicted octanol–water partition coefficient (Wildman–Crippen LogP) is 2.30. The smallest absolute Gasteiger partial charge is 0.270 e. The van der Waals surface area contributed by atoms with Gasteiger partial charge in [-0.1, -0.05) is 11.6 Å². The fraction of sp³-hybridized carbons (Fsp3) is 0.462. The molecular weight excluding hydrogens is 284 g/mol. The molecule has 20 heavy (non-hydrogen) atoms. The Hall–Kier alpha value is -1.66. The first-order chi connectivity index (χ1) is 9.54. The molecule has 0 aromatic heterocycles. The van der Waals surface area contributed by atoms with Crippen LogP contribution in [-0.4, -0.2) is 29.1 Å². The summed E-state index contributed by atoms with van der Waals surface area (Å²) in [6.45, 7) is 0. The number of fused-ring (bicyclic) bond motifs is 2. The molecule has 1 aromatic carbocycles. The lowest BCUT2D eigenvalue weighted by molar-refractivity contribution is -0.384. The molecule has 2 aliphatic rings. The van der Waals surface area contributed by atoms with Gasteiger partial charge in [0.15, 0.2) is 0 Å². The summed E-state index contributed by atoms with van der Waals surface area (Å²) in [4.78, 5) is 22.2. The quantitative estimate of drug-likeness (QED) is 0.685. The van der Waals surface area contributed by atoms with Crippen LogP contribution in [0.5, 0.6) is 0 Å². The van der Waals surface area contributed by atoms with Crippen LogP contribution in [0.2, 0.25) is 5.02 Å². The van der Waals surface area contributed by atoms with Gasteiger partial charge < -0.3 is 10.1 Å². The second kappa shape index (κ2) is 5.03. The van der Waals surface area contributed by atoms with Crippen LogP contribution in [0.15, 0.2) is 18.2 Å². The third-order valence-electron chi connectivity index (χ3n) is 3.83. The van der Waals surface area contributed by atoms with Crippen molar-refractivity contribution in [2.24, 2.45) is 0 Å². The molecule has 2 fully saturated rings. The van der Waals surface area contributed by atoms with Gasteiger partial charge in [-0.15, -0.1) is 0 Å². The number of nitrogens with zero attached hydrogens (tertiary/aromatic N) is 1. The summed E-state index contributed by atoms with van der Waals surface area (Å²) in [6.07, 6.45) is 3.17. The maximum atomic E-state index is 12.2. The molecule has 0 aliphatic carbocycles. The van der Waals surface area contributed by atoms with Gasteiger partial charge in [0.2, 0.25) is 0 Å². The number of halogens is 1. The number of hydrogen-bond acceptors (Lipinski definition) is 4. The summed E-state index contributed by atoms with van der Waals surface area (Å²) in [5.41, 5.74) is 0.120. The van der Waals surface area contributed by atoms with Gasteiger partial charge in [-0.25, -0.2) is 0 Å². The third-order valence-corrected chi connectivity index (χ3v) is 4.14. The third kappa shape index (κ3) is 2.36. The highest BCUT2D eigenvalue weighted by Gasteiger charge is 2.41. The number of carbonyl (C=O) groups is 1. The van der Waals surface area contributed by atoms with Gasteiger partial charge in [0.25, 0.3) is 11.6 Å². The molecule has 2 saturated heterocycles. The monoisotopic (exact) mass is 296 g/mol. The number of amides is 1. The average molecular weight is 297 g/mol. The number of benzene rings is 1. The van der Waals surface area contributed by atoms with Gasteiger partial charge in [-0.3, -0.25) is 14.9 Å². The molecule has 0 spiro atoms. The van der Waals surface area contributed by atoms with E-state index in [1.807, 2.05) is 0 Å². The number of nitro groups is 1. The topological polar surface area (TPSA) is 81.5 Å². The van der Waals surface area contributed by atoms with E-state index in [0.717, 1.165) is 19.3 Å². The minimum atomic E-state index is -0.544. The Morgan fingerprint density at radius 1 is 1.45 bits per heavy atom. The second-order valence-electron chi connectivity index (χ2n) is 5.11. The molecule has 3 unspecified atom stereocenters. The van der Waals surface area contributed by atoms with Crippen LogP contribution < -0.4 is 5.32 Å². The number of non-ortho nitro benzene ring substituents is 1. The van der Waals surface area contributed by atoms with Gasteiger partial charge in [-0.2, -0.15) is 0 Å². The van der Waals surface area contributed by atoms with Gasteiger partial charge in [-0.05, 0) is 25.3 Å². The standard InChI is InChI=1S/C13H13ClN2O4/c14-10-5-7(16(18)19)1-3-9(10)13(17)15-11-6-8-2-4-12(11)20-8/h1,3,5,8,11-12H,2,4,6H2,(H,15,17). The van der Waals surface area contributed by atoms with Crippen molar-refractivity contribution in [2.45, 2.75) is 37.5 Å². The van der Waals surface area contributed by atoms with E-state index in [1.165, 1.54) is 18.2 Å². The minimum absolute atomic E-state index is 0.00695. The lowest BCUT2D eigenvalue weighted by atomic mass is 9.95. The molecule has 3 atom stereocenters. The Morgan fingerprint density at radius 2 is 2.25 bits per heavy atom. The first kappa shape index (κ1) is 13.3. The molecule has 6 nitrogen and oxygen atoms in total. The van der Waals surface area contributed by atoms with Crippen molar-refractivity contribution < 1.29 is 14.5 Å². The average Bonchev–Trinajstić information content (AvgIpc) is 3.00. The van der Waals surface area contributed by atoms with E-state index in [9.17, 15) is 14.9 Å². The predicted molar refractivity (Wildman–Crippen MR) is 71.9 cm³/mol. The van der Waals surface area contributed by atoms with E-state index in [2.05, 4.69) is 5.32 Å². The van der Waals surface area contributed by atoms with Gasteiger partial charge >= 0.3 is 0 Å². The summed E-state index contributed by atoms with van der Waals surface area (Å²) in [7, 11) is 0. The minimum Gasteiger partial charge on any atom is -0.373 e. The largest absolute Gasteiger partial charge is 0.373 e. The number of ether oxygens (including phenoxy) is 1. The van der Waals surface area contributed by atoms with E-state index >= 15 is 0 Å². The number of nitro benzene ring substituents is 1. The van der Waals surface area contributed by atoms with E-state index in [1.54, 1.807) is 0 Å². The molecule has 7 heteroatoms. The first-order valence-corrected chi connectivity index (χ1v) is 6.82. The van der Waals surface area contributed by atoms with E-state index in [-0.39, 0.29) is 40.4 Å². The highest BCUT2D eigenvalue weighted by atomic mass is 35.5. The Bertz CT molecular complexity index is 577. The first-order valence-electron chi connectivity index (χ1n) is 6.45. The molecule has 1 aromatic rings. The molecule has 1 N–H and O–H groups in total. The summed E-state index contributed by atoms with van der Waals surface area (Å²) < 4.78 is 5.67. The Balaban J connectivity index is 1.72. The van der Waals surface area contributed by atoms with Crippen LogP contribution in [0.1, 0.15) is 29.6 Å². The van der Waals surface area contributed by atoms with E-state index in [0.29, 0.717) is 0 Å². The summed E-state index contributed by atoms with van der Waals surface area (Å²) >= 11 is 5.94. The number of nitrogens with one attached hydrogen (secondary N) is 1. The number of hydrogen-bond donors (Lipinski definition) is 1. The SMILES string of the molecule is O=C(NC1CC2CCC1O2)c1ccc([N+](=O)[O-])cc1Cl. The van der Waals surface area contributed by atoms with Crippen LogP contribution in [0.4, 0.5) is 5.69 Å². The normalized spacial score (nSPS) is 27.6. The maximum absolute atomic E-state index is 12.2. The Kier molecular flexibility index (Phi) is 3.35. The van der Waals surface area contributed by atoms with Gasteiger partial charge in [0, 0.05) is 12.1 Å². The molecule has 106 valence electrons. The van der Waals surface area contributed by atoms with Crippen LogP contribution >= 0.6 is 11.6 Å². The highest BCUT2D eigenvalue weighted by Crippen LogP contribution is 2.34. The molecule has 3 rings (SSSR count). The van der Waals surface area contributed by atoms with Crippen molar-refractivity contribution in [1.29, 1.82) is 0 Å². The summed E-state index contributed by atoms with van der Waals surface area (Å²) in [6, 6.07) is 3.85. The van der Waals surface area contributed by atoms with Crippen LogP contribution in [0, 0.1) is 10.1 Å². The zero-order chi connectivity index (χ0) is 14.3. The molecule has 2 aliphatic heterocycles. The zero-order valence-electron chi connectivity index (χ0n) is 10.5. The van der Waals surface area contributed by atoms with Gasteiger partial charge in [0.05, 0.1) is 33.8 Å². The van der Waals surface area contributed by atoms with Crippen LogP contribution in [0.3, 0.4) is 0 Å². The van der Waals surface area contributed by atoms with Crippen molar-refractivity contribution in [3.05, 3.63) is 38.9 Å². The highest BCUT2D eigenvalue weighted by molar-refractivity contribution is 6.34. The van der Waals surface area contributed by atoms with Crippen molar-refractivity contribution in [3.63, 3.8) is 0 Å². The lowest BCUT2D eigenvalue weighted by Crippen LogP contribution is -2.41. The van der Waals surface area contributed by atoms with Crippen molar-refractivity contribution in [3.8, 4) is 0 Å². The van der Waals surface area contributed by atoms with Crippen molar-refractivity contribution in [2.75, 3.05) is 0 Å². The molecule has 0 saturated carbocycles. The fourth-order valence-electron chi connectivity index (χ4n) is 2.84. The summed E-state index contributed by atoms with van der Waals surface area (Å²) in [5.74, 6) is -0.314. The molecule has 2 bridgehead atoms. The van der Waals surface area contributed by atoms with Crippen LogP contribution in [0.25, 0.3) is 0 Å². The van der Waals surface area contributed by atoms with E-state index in [4.69, 9.17) is 16.3 Å². The molecular formula is C13H13ClN2O4. The second-order valence-corrected chi connectivity index (χ2v) is 5.52. The lowest BCUT2D eigenvalue weighted by Gasteiger charge is -2.20. The number of rotatable bonds is 3. The summed E-state index contributed by atoms with van der Waals surface area (Å²) in [5, 5.41) is 13.6. The molecule has 2 heterocycles. The molecule has 0 radical (unpaired) electrons. The van der Waals surface area contributed by atoms with Crippen molar-refractivity contribution in [1.82, 2.24) is 5.32 Å². The van der Waals surface area contributed by atoms with Crippen molar-refractivity contribution >= 4 is 23.2 Å². The molecule has 1 amide bonds. The number of carbonyl (C=O) groups excluding carboxylic acids is 1.